The van der Waals surface area contributed by atoms with Crippen molar-refractivity contribution in [3.8, 4) is 0 Å². The maximum Gasteiger partial charge on any atom is 0.115 e. The van der Waals surface area contributed by atoms with Crippen molar-refractivity contribution < 1.29 is 4.74 Å². The number of benzene rings is 1. The first-order valence-electron chi connectivity index (χ1n) is 8.29. The number of rotatable bonds is 4. The van der Waals surface area contributed by atoms with Gasteiger partial charge in [-0.2, -0.15) is 0 Å². The van der Waals surface area contributed by atoms with Crippen LogP contribution in [0.25, 0.3) is 11.0 Å². The summed E-state index contributed by atoms with van der Waals surface area (Å²) >= 11 is 4.46. The molecule has 22 heavy (non-hydrogen) atoms. The van der Waals surface area contributed by atoms with E-state index < -0.39 is 0 Å². The van der Waals surface area contributed by atoms with Gasteiger partial charge in [-0.15, -0.1) is 12.6 Å². The zero-order valence-corrected chi connectivity index (χ0v) is 14.7. The molecule has 3 rings (SSSR count). The van der Waals surface area contributed by atoms with E-state index in [-0.39, 0.29) is 5.41 Å². The Morgan fingerprint density at radius 1 is 1.32 bits per heavy atom. The second-order valence-electron chi connectivity index (χ2n) is 7.01. The molecule has 0 radical (unpaired) electrons. The average Bonchev–Trinajstić information content (AvgIpc) is 2.87. The van der Waals surface area contributed by atoms with Crippen molar-refractivity contribution in [1.82, 2.24) is 9.55 Å². The van der Waals surface area contributed by atoms with Gasteiger partial charge in [-0.3, -0.25) is 0 Å². The summed E-state index contributed by atoms with van der Waals surface area (Å²) in [6.45, 7) is 9.65. The maximum absolute atomic E-state index is 5.51. The number of thiol groups is 1. The Morgan fingerprint density at radius 2 is 2.05 bits per heavy atom. The number of hydrogen-bond acceptors (Lipinski definition) is 3. The minimum absolute atomic E-state index is 0.0843. The number of ether oxygens (including phenoxy) is 1. The molecule has 0 unspecified atom stereocenters. The number of fused-ring (bicyclic) bond motifs is 1. The first kappa shape index (κ1) is 15.9. The third-order valence-corrected chi connectivity index (χ3v) is 5.28. The molecule has 1 aromatic heterocycles. The van der Waals surface area contributed by atoms with Gasteiger partial charge in [0.2, 0.25) is 0 Å². The second-order valence-corrected chi connectivity index (χ2v) is 7.53. The third-order valence-electron chi connectivity index (χ3n) is 5.00. The standard InChI is InChI=1S/C18H26N2OS/c1-4-18(2,3)17-19-15-11-14(22)5-6-16(15)20(17)12-13-7-9-21-10-8-13/h5-6,11,13,22H,4,7-10,12H2,1-3H3. The van der Waals surface area contributed by atoms with Gasteiger partial charge in [-0.25, -0.2) is 4.98 Å². The summed E-state index contributed by atoms with van der Waals surface area (Å²) < 4.78 is 7.95. The highest BCUT2D eigenvalue weighted by molar-refractivity contribution is 7.80. The van der Waals surface area contributed by atoms with Crippen LogP contribution < -0.4 is 0 Å². The minimum Gasteiger partial charge on any atom is -0.381 e. The van der Waals surface area contributed by atoms with Gasteiger partial charge >= 0.3 is 0 Å². The molecule has 1 aromatic carbocycles. The molecule has 1 saturated heterocycles. The molecule has 0 saturated carbocycles. The van der Waals surface area contributed by atoms with Crippen LogP contribution in [0.3, 0.4) is 0 Å². The van der Waals surface area contributed by atoms with Crippen LogP contribution in [0.4, 0.5) is 0 Å². The van der Waals surface area contributed by atoms with Crippen molar-refractivity contribution in [2.24, 2.45) is 5.92 Å². The quantitative estimate of drug-likeness (QED) is 0.844. The first-order valence-corrected chi connectivity index (χ1v) is 8.73. The van der Waals surface area contributed by atoms with E-state index in [0.717, 1.165) is 49.4 Å². The molecule has 0 bridgehead atoms. The van der Waals surface area contributed by atoms with E-state index in [1.165, 1.54) is 11.3 Å². The normalized spacial score (nSPS) is 17.3. The smallest absolute Gasteiger partial charge is 0.115 e. The molecule has 0 N–H and O–H groups in total. The van der Waals surface area contributed by atoms with Gasteiger partial charge in [-0.1, -0.05) is 20.8 Å². The fourth-order valence-electron chi connectivity index (χ4n) is 3.16. The average molecular weight is 318 g/mol. The number of aromatic nitrogens is 2. The van der Waals surface area contributed by atoms with Crippen LogP contribution in [-0.2, 0) is 16.7 Å². The van der Waals surface area contributed by atoms with Crippen LogP contribution >= 0.6 is 12.6 Å². The summed E-state index contributed by atoms with van der Waals surface area (Å²) in [6.07, 6.45) is 3.38. The molecule has 0 atom stereocenters. The maximum atomic E-state index is 5.51. The lowest BCUT2D eigenvalue weighted by Gasteiger charge is -2.27. The van der Waals surface area contributed by atoms with Crippen molar-refractivity contribution in [3.63, 3.8) is 0 Å². The van der Waals surface area contributed by atoms with E-state index in [9.17, 15) is 0 Å². The van der Waals surface area contributed by atoms with Gasteiger partial charge in [0.15, 0.2) is 0 Å². The Morgan fingerprint density at radius 3 is 2.73 bits per heavy atom. The minimum atomic E-state index is 0.0843. The second kappa shape index (κ2) is 6.25. The molecular formula is C18H26N2OS. The van der Waals surface area contributed by atoms with Gasteiger partial charge in [0, 0.05) is 30.1 Å². The first-order chi connectivity index (χ1) is 10.5. The molecule has 4 heteroatoms. The SMILES string of the molecule is CCC(C)(C)c1nc2cc(S)ccc2n1CC1CCOCC1. The van der Waals surface area contributed by atoms with E-state index in [1.54, 1.807) is 0 Å². The lowest BCUT2D eigenvalue weighted by atomic mass is 9.89. The van der Waals surface area contributed by atoms with E-state index >= 15 is 0 Å². The molecule has 120 valence electrons. The Bertz CT molecular complexity index is 656. The summed E-state index contributed by atoms with van der Waals surface area (Å²) in [5, 5.41) is 0. The van der Waals surface area contributed by atoms with Crippen LogP contribution in [0.15, 0.2) is 23.1 Å². The van der Waals surface area contributed by atoms with Crippen molar-refractivity contribution in [2.45, 2.75) is 56.9 Å². The van der Waals surface area contributed by atoms with E-state index in [1.807, 2.05) is 0 Å². The molecule has 2 aromatic rings. The van der Waals surface area contributed by atoms with E-state index in [0.29, 0.717) is 5.92 Å². The summed E-state index contributed by atoms with van der Waals surface area (Å²) in [5.74, 6) is 1.89. The fraction of sp³-hybridized carbons (Fsp3) is 0.611. The lowest BCUT2D eigenvalue weighted by Crippen LogP contribution is -2.26. The Hall–Kier alpha value is -1.00. The Balaban J connectivity index is 2.05. The summed E-state index contributed by atoms with van der Waals surface area (Å²) in [5.41, 5.74) is 2.39. The van der Waals surface area contributed by atoms with Crippen molar-refractivity contribution in [3.05, 3.63) is 24.0 Å². The molecular weight excluding hydrogens is 292 g/mol. The molecule has 1 aliphatic heterocycles. The highest BCUT2D eigenvalue weighted by atomic mass is 32.1. The molecule has 1 aliphatic rings. The van der Waals surface area contributed by atoms with Crippen LogP contribution in [-0.4, -0.2) is 22.8 Å². The predicted octanol–water partition coefficient (Wildman–Crippen LogP) is 4.44. The molecule has 0 amide bonds. The zero-order valence-electron chi connectivity index (χ0n) is 13.8. The predicted molar refractivity (Wildman–Crippen MR) is 93.8 cm³/mol. The molecule has 1 fully saturated rings. The number of imidazole rings is 1. The molecule has 0 aliphatic carbocycles. The Labute approximate surface area is 138 Å². The summed E-state index contributed by atoms with van der Waals surface area (Å²) in [7, 11) is 0. The van der Waals surface area contributed by atoms with Gasteiger partial charge in [0.25, 0.3) is 0 Å². The highest BCUT2D eigenvalue weighted by Crippen LogP contribution is 2.32. The van der Waals surface area contributed by atoms with Crippen molar-refractivity contribution >= 4 is 23.7 Å². The van der Waals surface area contributed by atoms with E-state index in [2.05, 4.69) is 56.2 Å². The van der Waals surface area contributed by atoms with Gasteiger partial charge in [0.05, 0.1) is 11.0 Å². The largest absolute Gasteiger partial charge is 0.381 e. The Kier molecular flexibility index (Phi) is 4.51. The van der Waals surface area contributed by atoms with Gasteiger partial charge < -0.3 is 9.30 Å². The van der Waals surface area contributed by atoms with Gasteiger partial charge in [-0.05, 0) is 43.4 Å². The van der Waals surface area contributed by atoms with Crippen molar-refractivity contribution in [1.29, 1.82) is 0 Å². The fourth-order valence-corrected chi connectivity index (χ4v) is 3.36. The number of hydrogen-bond donors (Lipinski definition) is 1. The van der Waals surface area contributed by atoms with Crippen LogP contribution in [0, 0.1) is 5.92 Å². The van der Waals surface area contributed by atoms with Crippen LogP contribution in [0.2, 0.25) is 0 Å². The summed E-state index contributed by atoms with van der Waals surface area (Å²) in [6, 6.07) is 6.31. The molecule has 0 spiro atoms. The highest BCUT2D eigenvalue weighted by Gasteiger charge is 2.27. The summed E-state index contributed by atoms with van der Waals surface area (Å²) in [4.78, 5) is 5.94. The third kappa shape index (κ3) is 3.04. The van der Waals surface area contributed by atoms with Gasteiger partial charge in [0.1, 0.15) is 5.82 Å². The van der Waals surface area contributed by atoms with E-state index in [4.69, 9.17) is 9.72 Å². The van der Waals surface area contributed by atoms with Crippen LogP contribution in [0.5, 0.6) is 0 Å². The van der Waals surface area contributed by atoms with Crippen LogP contribution in [0.1, 0.15) is 45.9 Å². The topological polar surface area (TPSA) is 27.1 Å². The number of nitrogens with zero attached hydrogens (tertiary/aromatic N) is 2. The molecule has 3 nitrogen and oxygen atoms in total. The lowest BCUT2D eigenvalue weighted by molar-refractivity contribution is 0.0611. The van der Waals surface area contributed by atoms with Crippen molar-refractivity contribution in [2.75, 3.05) is 13.2 Å². The zero-order chi connectivity index (χ0) is 15.7. The monoisotopic (exact) mass is 318 g/mol. The molecule has 2 heterocycles.